The topological polar surface area (TPSA) is 169 Å². The number of carbonyl (C=O) groups excluding carboxylic acids is 4. The fourth-order valence-electron chi connectivity index (χ4n) is 3.98. The Morgan fingerprint density at radius 1 is 1.27 bits per heavy atom. The monoisotopic (exact) mass is 573 g/mol. The zero-order valence-corrected chi connectivity index (χ0v) is 22.0. The summed E-state index contributed by atoms with van der Waals surface area (Å²) in [6.45, 7) is 4.22. The predicted octanol–water partition coefficient (Wildman–Crippen LogP) is 1.55. The summed E-state index contributed by atoms with van der Waals surface area (Å²) < 4.78 is 5.82. The van der Waals surface area contributed by atoms with Gasteiger partial charge in [-0.25, -0.2) is 9.78 Å². The minimum atomic E-state index is -1.27. The predicted molar refractivity (Wildman–Crippen MR) is 138 cm³/mol. The molecular formula is C24H28BrN7O5. The molecule has 0 spiro atoms. The Morgan fingerprint density at radius 3 is 2.76 bits per heavy atom. The summed E-state index contributed by atoms with van der Waals surface area (Å²) in [6.07, 6.45) is 2.50. The molecule has 2 aliphatic heterocycles. The number of nitrogens with one attached hydrogen (secondary N) is 3. The zero-order chi connectivity index (χ0) is 26.7. The van der Waals surface area contributed by atoms with Gasteiger partial charge in [-0.3, -0.25) is 14.4 Å². The first-order valence-electron chi connectivity index (χ1n) is 11.8. The van der Waals surface area contributed by atoms with Gasteiger partial charge in [-0.05, 0) is 54.4 Å². The van der Waals surface area contributed by atoms with Crippen molar-refractivity contribution >= 4 is 57.1 Å². The van der Waals surface area contributed by atoms with Crippen molar-refractivity contribution in [3.63, 3.8) is 0 Å². The molecule has 3 amide bonds. The maximum Gasteiger partial charge on any atom is 0.329 e. The molecule has 12 nitrogen and oxygen atoms in total. The summed E-state index contributed by atoms with van der Waals surface area (Å²) in [5.41, 5.74) is 5.05. The fraction of sp³-hybridized carbons (Fsp3) is 0.417. The molecule has 1 aromatic heterocycles. The smallest absolute Gasteiger partial charge is 0.329 e. The zero-order valence-electron chi connectivity index (χ0n) is 20.4. The summed E-state index contributed by atoms with van der Waals surface area (Å²) in [5, 5.41) is 8.97. The van der Waals surface area contributed by atoms with E-state index in [4.69, 9.17) is 10.5 Å². The molecule has 2 bridgehead atoms. The molecule has 2 aliphatic rings. The van der Waals surface area contributed by atoms with Crippen LogP contribution in [0.3, 0.4) is 0 Å². The lowest BCUT2D eigenvalue weighted by Gasteiger charge is -2.25. The number of halogens is 1. The number of hydrogen-bond donors (Lipinski definition) is 4. The van der Waals surface area contributed by atoms with E-state index >= 15 is 0 Å². The Bertz CT molecular complexity index is 1240. The highest BCUT2D eigenvalue weighted by Crippen LogP contribution is 2.31. The number of ether oxygens (including phenoxy) is 1. The Balaban J connectivity index is 1.32. The van der Waals surface area contributed by atoms with E-state index in [9.17, 15) is 19.2 Å². The van der Waals surface area contributed by atoms with Crippen LogP contribution in [-0.4, -0.2) is 70.3 Å². The molecule has 0 saturated carbocycles. The van der Waals surface area contributed by atoms with Crippen LogP contribution in [-0.2, 0) is 19.1 Å². The number of esters is 1. The van der Waals surface area contributed by atoms with Gasteiger partial charge in [0.1, 0.15) is 23.4 Å². The molecule has 2 fully saturated rings. The number of nitrogens with two attached hydrogens (primary N) is 1. The largest absolute Gasteiger partial charge is 0.459 e. The lowest BCUT2D eigenvalue weighted by atomic mass is 9.91. The number of carbonyl (C=O) groups is 4. The first kappa shape index (κ1) is 26.3. The summed E-state index contributed by atoms with van der Waals surface area (Å²) in [4.78, 5) is 58.6. The molecule has 37 heavy (non-hydrogen) atoms. The molecule has 0 aliphatic carbocycles. The minimum Gasteiger partial charge on any atom is -0.459 e. The third-order valence-electron chi connectivity index (χ3n) is 6.30. The maximum absolute atomic E-state index is 13.0. The van der Waals surface area contributed by atoms with Gasteiger partial charge >= 0.3 is 5.97 Å². The van der Waals surface area contributed by atoms with E-state index in [0.717, 1.165) is 0 Å². The number of fused-ring (bicyclic) bond motifs is 2. The Labute approximate surface area is 221 Å². The van der Waals surface area contributed by atoms with E-state index in [1.165, 1.54) is 13.8 Å². The summed E-state index contributed by atoms with van der Waals surface area (Å²) in [7, 11) is 0. The van der Waals surface area contributed by atoms with Crippen molar-refractivity contribution in [1.82, 2.24) is 20.2 Å². The van der Waals surface area contributed by atoms with Gasteiger partial charge in [0.2, 0.25) is 17.8 Å². The van der Waals surface area contributed by atoms with Crippen molar-refractivity contribution in [2.45, 2.75) is 38.8 Å². The molecular weight excluding hydrogens is 546 g/mol. The third kappa shape index (κ3) is 5.82. The van der Waals surface area contributed by atoms with Gasteiger partial charge in [0.15, 0.2) is 0 Å². The van der Waals surface area contributed by atoms with Crippen LogP contribution in [0.4, 0.5) is 17.5 Å². The molecule has 196 valence electrons. The standard InChI is InChI=1S/C24H28BrN7O5/c1-24(2,21(26)35)22(36)28-8-4-7-27-18-16(25)11-29-23(31-18)30-14-6-3-5-13(9-14)19(33)32-12-15-10-17(32)20(34)37-15/h3,5-6,9,11,15,17H,4,7-8,10,12H2,1-2H3,(H2,26,35)(H,28,36)(H2,27,29,30,31). The van der Waals surface area contributed by atoms with Crippen LogP contribution < -0.4 is 21.7 Å². The van der Waals surface area contributed by atoms with E-state index < -0.39 is 23.3 Å². The molecule has 2 aromatic rings. The molecule has 2 unspecified atom stereocenters. The number of amides is 3. The van der Waals surface area contributed by atoms with E-state index in [1.807, 2.05) is 0 Å². The normalized spacial score (nSPS) is 18.4. The van der Waals surface area contributed by atoms with Gasteiger partial charge in [0.05, 0.1) is 11.0 Å². The van der Waals surface area contributed by atoms with E-state index in [2.05, 4.69) is 41.8 Å². The maximum atomic E-state index is 13.0. The van der Waals surface area contributed by atoms with Gasteiger partial charge in [0.25, 0.3) is 5.91 Å². The van der Waals surface area contributed by atoms with E-state index in [1.54, 1.807) is 35.4 Å². The summed E-state index contributed by atoms with van der Waals surface area (Å²) >= 11 is 3.42. The van der Waals surface area contributed by atoms with Crippen LogP contribution in [0, 0.1) is 5.41 Å². The number of anilines is 3. The first-order chi connectivity index (χ1) is 17.6. The van der Waals surface area contributed by atoms with Crippen molar-refractivity contribution in [2.24, 2.45) is 11.1 Å². The molecule has 2 saturated heterocycles. The molecule has 0 radical (unpaired) electrons. The van der Waals surface area contributed by atoms with Crippen molar-refractivity contribution in [3.8, 4) is 0 Å². The number of rotatable bonds is 10. The molecule has 5 N–H and O–H groups in total. The quantitative estimate of drug-likeness (QED) is 0.187. The van der Waals surface area contributed by atoms with E-state index in [-0.39, 0.29) is 18.0 Å². The fourth-order valence-corrected chi connectivity index (χ4v) is 4.31. The Hall–Kier alpha value is -3.74. The van der Waals surface area contributed by atoms with Crippen LogP contribution in [0.15, 0.2) is 34.9 Å². The van der Waals surface area contributed by atoms with Crippen LogP contribution in [0.5, 0.6) is 0 Å². The molecule has 4 rings (SSSR count). The van der Waals surface area contributed by atoms with Crippen molar-refractivity contribution < 1.29 is 23.9 Å². The van der Waals surface area contributed by atoms with Gasteiger partial charge in [-0.15, -0.1) is 0 Å². The number of hydrogen-bond acceptors (Lipinski definition) is 9. The van der Waals surface area contributed by atoms with Crippen LogP contribution in [0.1, 0.15) is 37.0 Å². The van der Waals surface area contributed by atoms with E-state index in [0.29, 0.717) is 60.0 Å². The third-order valence-corrected chi connectivity index (χ3v) is 6.88. The molecule has 2 atom stereocenters. The second-order valence-electron chi connectivity index (χ2n) is 9.39. The minimum absolute atomic E-state index is 0.219. The van der Waals surface area contributed by atoms with Crippen molar-refractivity contribution in [3.05, 3.63) is 40.5 Å². The number of benzene rings is 1. The van der Waals surface area contributed by atoms with Gasteiger partial charge in [-0.1, -0.05) is 6.07 Å². The SMILES string of the molecule is CC(C)(C(N)=O)C(=O)NCCCNc1nc(Nc2cccc(C(=O)N3CC4CC3C(=O)O4)c2)ncc1Br. The van der Waals surface area contributed by atoms with Crippen molar-refractivity contribution in [2.75, 3.05) is 30.3 Å². The van der Waals surface area contributed by atoms with Crippen molar-refractivity contribution in [1.29, 1.82) is 0 Å². The van der Waals surface area contributed by atoms with Crippen LogP contribution >= 0.6 is 15.9 Å². The second kappa shape index (κ2) is 10.7. The van der Waals surface area contributed by atoms with Gasteiger partial charge in [-0.2, -0.15) is 4.98 Å². The van der Waals surface area contributed by atoms with Gasteiger partial charge < -0.3 is 31.3 Å². The van der Waals surface area contributed by atoms with Crippen LogP contribution in [0.25, 0.3) is 0 Å². The number of morpholine rings is 1. The Morgan fingerprint density at radius 2 is 2.05 bits per heavy atom. The summed E-state index contributed by atoms with van der Waals surface area (Å²) in [6, 6.07) is 6.41. The average Bonchev–Trinajstić information content (AvgIpc) is 3.45. The molecule has 13 heteroatoms. The Kier molecular flexibility index (Phi) is 7.62. The average molecular weight is 574 g/mol. The number of nitrogens with zero attached hydrogens (tertiary/aromatic N) is 3. The number of likely N-dealkylation sites (tertiary alicyclic amines) is 1. The highest BCUT2D eigenvalue weighted by Gasteiger charge is 2.48. The van der Waals surface area contributed by atoms with Crippen LogP contribution in [0.2, 0.25) is 0 Å². The van der Waals surface area contributed by atoms with Gasteiger partial charge in [0, 0.05) is 37.0 Å². The lowest BCUT2D eigenvalue weighted by Crippen LogP contribution is -2.46. The summed E-state index contributed by atoms with van der Waals surface area (Å²) in [5.74, 6) is -0.823. The highest BCUT2D eigenvalue weighted by atomic mass is 79.9. The number of aromatic nitrogens is 2. The lowest BCUT2D eigenvalue weighted by molar-refractivity contribution is -0.149. The highest BCUT2D eigenvalue weighted by molar-refractivity contribution is 9.10. The number of primary amides is 1. The molecule has 3 heterocycles. The molecule has 1 aromatic carbocycles. The second-order valence-corrected chi connectivity index (χ2v) is 10.2. The first-order valence-corrected chi connectivity index (χ1v) is 12.6.